The molecule has 26 heavy (non-hydrogen) atoms. The number of hydrogen-bond acceptors (Lipinski definition) is 0. The zero-order chi connectivity index (χ0) is 17.1. The van der Waals surface area contributed by atoms with Gasteiger partial charge in [0, 0.05) is 0 Å². The monoisotopic (exact) mass is 328 g/mol. The highest BCUT2D eigenvalue weighted by Gasteiger charge is 2.24. The molecule has 0 aliphatic heterocycles. The van der Waals surface area contributed by atoms with Crippen molar-refractivity contribution >= 4 is 32.3 Å². The van der Waals surface area contributed by atoms with E-state index in [1.807, 2.05) is 0 Å². The van der Waals surface area contributed by atoms with Crippen molar-refractivity contribution in [3.05, 3.63) is 97.1 Å². The van der Waals surface area contributed by atoms with Crippen LogP contribution >= 0.6 is 0 Å². The molecular weight excluding hydrogens is 312 g/mol. The molecule has 0 atom stereocenters. The second-order valence-corrected chi connectivity index (χ2v) is 6.94. The van der Waals surface area contributed by atoms with E-state index >= 15 is 0 Å². The molecule has 0 spiro atoms. The van der Waals surface area contributed by atoms with Crippen LogP contribution in [0.15, 0.2) is 97.1 Å². The van der Waals surface area contributed by atoms with E-state index in [9.17, 15) is 0 Å². The number of benzene rings is 4. The van der Waals surface area contributed by atoms with Crippen molar-refractivity contribution in [2.45, 2.75) is 0 Å². The summed E-state index contributed by atoms with van der Waals surface area (Å²) in [6, 6.07) is 34.9. The average molecular weight is 328 g/mol. The van der Waals surface area contributed by atoms with E-state index in [4.69, 9.17) is 0 Å². The highest BCUT2D eigenvalue weighted by molar-refractivity contribution is 6.39. The minimum atomic E-state index is 1.30. The minimum absolute atomic E-state index is 1.30. The fourth-order valence-corrected chi connectivity index (χ4v) is 4.44. The zero-order valence-electron chi connectivity index (χ0n) is 14.2. The molecule has 0 aliphatic rings. The molecule has 0 saturated carbocycles. The van der Waals surface area contributed by atoms with Crippen molar-refractivity contribution in [2.24, 2.45) is 0 Å². The maximum Gasteiger partial charge on any atom is -0.000741 e. The number of fused-ring (bicyclic) bond motifs is 6. The first-order valence-electron chi connectivity index (χ1n) is 9.06. The van der Waals surface area contributed by atoms with Crippen LogP contribution in [0.3, 0.4) is 0 Å². The smallest absolute Gasteiger partial charge is 0.000741 e. The quantitative estimate of drug-likeness (QED) is 0.311. The molecule has 0 amide bonds. The molecule has 0 unspecified atom stereocenters. The number of rotatable bonds is 2. The van der Waals surface area contributed by atoms with Crippen molar-refractivity contribution in [2.75, 3.05) is 0 Å². The summed E-state index contributed by atoms with van der Waals surface area (Å²) in [5, 5.41) is 8.39. The molecule has 0 radical (unpaired) electrons. The molecule has 0 fully saturated rings. The van der Waals surface area contributed by atoms with Crippen LogP contribution in [0.4, 0.5) is 0 Å². The van der Waals surface area contributed by atoms with E-state index in [2.05, 4.69) is 97.1 Å². The van der Waals surface area contributed by atoms with Gasteiger partial charge in [-0.15, -0.1) is 0 Å². The maximum atomic E-state index is 2.30. The summed E-state index contributed by atoms with van der Waals surface area (Å²) in [7, 11) is 0. The minimum Gasteiger partial charge on any atom is -0.0622 e. The van der Waals surface area contributed by atoms with Gasteiger partial charge < -0.3 is 0 Å². The van der Waals surface area contributed by atoms with Crippen LogP contribution in [-0.4, -0.2) is 0 Å². The van der Waals surface area contributed by atoms with Gasteiger partial charge in [-0.1, -0.05) is 97.1 Å². The molecule has 0 heterocycles. The van der Waals surface area contributed by atoms with E-state index in [1.165, 1.54) is 54.6 Å². The fourth-order valence-electron chi connectivity index (χ4n) is 4.44. The third-order valence-electron chi connectivity index (χ3n) is 5.59. The van der Waals surface area contributed by atoms with Gasteiger partial charge in [0.2, 0.25) is 0 Å². The molecule has 0 heteroatoms. The molecule has 0 nitrogen and oxygen atoms in total. The van der Waals surface area contributed by atoms with Crippen molar-refractivity contribution in [1.29, 1.82) is 0 Å². The first kappa shape index (κ1) is 13.9. The van der Waals surface area contributed by atoms with Gasteiger partial charge in [0.1, 0.15) is 0 Å². The third kappa shape index (κ3) is 1.69. The molecule has 6 aromatic carbocycles. The molecule has 0 aliphatic carbocycles. The lowest BCUT2D eigenvalue weighted by atomic mass is 9.77. The molecule has 6 aromatic rings. The van der Waals surface area contributed by atoms with Gasteiger partial charge in [0.25, 0.3) is 0 Å². The van der Waals surface area contributed by atoms with Gasteiger partial charge in [-0.05, 0) is 54.6 Å². The van der Waals surface area contributed by atoms with Gasteiger partial charge >= 0.3 is 0 Å². The second kappa shape index (κ2) is 5.06. The molecular formula is C26H16. The predicted octanol–water partition coefficient (Wildman–Crippen LogP) is 7.36. The Balaban J connectivity index is 1.76. The lowest BCUT2D eigenvalue weighted by molar-refractivity contribution is 1.62. The van der Waals surface area contributed by atoms with Gasteiger partial charge in [-0.3, -0.25) is 0 Å². The van der Waals surface area contributed by atoms with Gasteiger partial charge in [-0.2, -0.15) is 0 Å². The summed E-state index contributed by atoms with van der Waals surface area (Å²) >= 11 is 0. The van der Waals surface area contributed by atoms with Crippen LogP contribution in [0.25, 0.3) is 54.6 Å². The SMILES string of the molecule is c1ccc(-c2c(-c3ccccc3)c3c2ccc2c4ccccc4c23)cc1. The van der Waals surface area contributed by atoms with E-state index in [-0.39, 0.29) is 0 Å². The molecule has 6 rings (SSSR count). The Labute approximate surface area is 152 Å². The Hall–Kier alpha value is -3.38. The summed E-state index contributed by atoms with van der Waals surface area (Å²) in [4.78, 5) is 0. The largest absolute Gasteiger partial charge is 0.0622 e. The highest BCUT2D eigenvalue weighted by Crippen LogP contribution is 2.52. The van der Waals surface area contributed by atoms with Crippen LogP contribution in [0, 0.1) is 0 Å². The van der Waals surface area contributed by atoms with Crippen LogP contribution in [-0.2, 0) is 0 Å². The van der Waals surface area contributed by atoms with Crippen LogP contribution in [0.1, 0.15) is 0 Å². The topological polar surface area (TPSA) is 0 Å². The van der Waals surface area contributed by atoms with Crippen molar-refractivity contribution in [3.63, 3.8) is 0 Å². The molecule has 0 aromatic heterocycles. The highest BCUT2D eigenvalue weighted by atomic mass is 14.3. The Kier molecular flexibility index (Phi) is 2.70. The zero-order valence-corrected chi connectivity index (χ0v) is 14.2. The molecule has 0 bridgehead atoms. The van der Waals surface area contributed by atoms with Crippen molar-refractivity contribution in [1.82, 2.24) is 0 Å². The Morgan fingerprint density at radius 1 is 0.308 bits per heavy atom. The lowest BCUT2D eigenvalue weighted by Gasteiger charge is -2.25. The van der Waals surface area contributed by atoms with E-state index < -0.39 is 0 Å². The Morgan fingerprint density at radius 2 is 0.808 bits per heavy atom. The molecule has 120 valence electrons. The summed E-state index contributed by atoms with van der Waals surface area (Å²) in [6.45, 7) is 0. The van der Waals surface area contributed by atoms with Crippen LogP contribution in [0.5, 0.6) is 0 Å². The van der Waals surface area contributed by atoms with Crippen LogP contribution < -0.4 is 0 Å². The first-order chi connectivity index (χ1) is 12.9. The summed E-state index contributed by atoms with van der Waals surface area (Å²) in [5.74, 6) is 0. The second-order valence-electron chi connectivity index (χ2n) is 6.94. The van der Waals surface area contributed by atoms with E-state index in [1.54, 1.807) is 0 Å². The number of hydrogen-bond donors (Lipinski definition) is 0. The van der Waals surface area contributed by atoms with Gasteiger partial charge in [0.15, 0.2) is 0 Å². The Bertz CT molecular complexity index is 1330. The standard InChI is InChI=1S/C26H16/c1-3-9-17(10-4-1)23-22-16-15-21-19-13-7-8-14-20(19)25(21)26(22)24(23)18-11-5-2-6-12-18/h1-16H. The van der Waals surface area contributed by atoms with Gasteiger partial charge in [0.05, 0.1) is 0 Å². The average Bonchev–Trinajstić information content (AvgIpc) is 2.69. The first-order valence-corrected chi connectivity index (χ1v) is 9.06. The normalized spacial score (nSPS) is 11.8. The maximum absolute atomic E-state index is 2.30. The van der Waals surface area contributed by atoms with Gasteiger partial charge in [-0.25, -0.2) is 0 Å². The fraction of sp³-hybridized carbons (Fsp3) is 0. The summed E-state index contributed by atoms with van der Waals surface area (Å²) in [6.07, 6.45) is 0. The van der Waals surface area contributed by atoms with E-state index in [0.29, 0.717) is 0 Å². The van der Waals surface area contributed by atoms with Crippen molar-refractivity contribution < 1.29 is 0 Å². The summed E-state index contributed by atoms with van der Waals surface area (Å²) in [5.41, 5.74) is 5.36. The summed E-state index contributed by atoms with van der Waals surface area (Å²) < 4.78 is 0. The Morgan fingerprint density at radius 3 is 1.50 bits per heavy atom. The molecule has 0 saturated heterocycles. The third-order valence-corrected chi connectivity index (χ3v) is 5.59. The predicted molar refractivity (Wildman–Crippen MR) is 112 cm³/mol. The van der Waals surface area contributed by atoms with E-state index in [0.717, 1.165) is 0 Å². The van der Waals surface area contributed by atoms with Crippen LogP contribution in [0.2, 0.25) is 0 Å². The van der Waals surface area contributed by atoms with Crippen molar-refractivity contribution in [3.8, 4) is 22.3 Å². The molecule has 0 N–H and O–H groups in total. The lowest BCUT2D eigenvalue weighted by Crippen LogP contribution is -1.97.